The first-order valence-electron chi connectivity index (χ1n) is 8.73. The number of fused-ring (bicyclic) bond motifs is 1. The molecule has 140 valence electrons. The Kier molecular flexibility index (Phi) is 6.73. The fourth-order valence-electron chi connectivity index (χ4n) is 2.74. The molecule has 2 aliphatic rings. The first kappa shape index (κ1) is 19.4. The van der Waals surface area contributed by atoms with E-state index in [2.05, 4.69) is 17.2 Å². The Bertz CT molecular complexity index is 732. The number of unbranched alkanes of at least 4 members (excludes halogenated alkanes) is 2. The summed E-state index contributed by atoms with van der Waals surface area (Å²) in [7, 11) is 0. The Balaban J connectivity index is 1.79. The van der Waals surface area contributed by atoms with Crippen molar-refractivity contribution in [2.24, 2.45) is 4.99 Å². The third-order valence-corrected chi connectivity index (χ3v) is 5.50. The molecule has 1 N–H and O–H groups in total. The van der Waals surface area contributed by atoms with Gasteiger partial charge in [0.15, 0.2) is 5.17 Å². The maximum atomic E-state index is 12.8. The van der Waals surface area contributed by atoms with Gasteiger partial charge in [-0.25, -0.2) is 0 Å². The van der Waals surface area contributed by atoms with Crippen LogP contribution >= 0.6 is 35.0 Å². The number of hydrogen-bond acceptors (Lipinski definition) is 5. The number of amides is 1. The zero-order chi connectivity index (χ0) is 18.5. The normalized spacial score (nSPS) is 16.4. The lowest BCUT2D eigenvalue weighted by Gasteiger charge is -2.24. The number of carbonyl (C=O) groups is 1. The molecule has 0 fully saturated rings. The Morgan fingerprint density at radius 2 is 2.08 bits per heavy atom. The van der Waals surface area contributed by atoms with Gasteiger partial charge in [0, 0.05) is 28.8 Å². The fourth-order valence-corrected chi connectivity index (χ4v) is 4.29. The molecule has 2 heterocycles. The van der Waals surface area contributed by atoms with Gasteiger partial charge < -0.3 is 10.1 Å². The van der Waals surface area contributed by atoms with Crippen molar-refractivity contribution in [3.8, 4) is 0 Å². The van der Waals surface area contributed by atoms with Crippen LogP contribution in [0.2, 0.25) is 10.0 Å². The van der Waals surface area contributed by atoms with E-state index in [0.717, 1.165) is 43.9 Å². The summed E-state index contributed by atoms with van der Waals surface area (Å²) in [5, 5.41) is 4.63. The van der Waals surface area contributed by atoms with Gasteiger partial charge in [-0.3, -0.25) is 14.7 Å². The minimum Gasteiger partial charge on any atom is -0.478 e. The molecule has 26 heavy (non-hydrogen) atoms. The maximum absolute atomic E-state index is 12.8. The van der Waals surface area contributed by atoms with Crippen molar-refractivity contribution in [1.82, 2.24) is 4.90 Å². The Hall–Kier alpha value is -1.37. The summed E-state index contributed by atoms with van der Waals surface area (Å²) in [6.07, 6.45) is 4.13. The second-order valence-electron chi connectivity index (χ2n) is 6.07. The molecular formula is C18H21Cl2N3O2S. The molecule has 8 heteroatoms. The number of ether oxygens (including phenoxy) is 1. The van der Waals surface area contributed by atoms with E-state index >= 15 is 0 Å². The van der Waals surface area contributed by atoms with Crippen LogP contribution in [-0.4, -0.2) is 35.7 Å². The number of thioether (sulfide) groups is 1. The van der Waals surface area contributed by atoms with Crippen molar-refractivity contribution < 1.29 is 9.53 Å². The molecule has 0 aromatic heterocycles. The summed E-state index contributed by atoms with van der Waals surface area (Å²) in [5.74, 6) is 0.367. The van der Waals surface area contributed by atoms with Crippen LogP contribution in [0, 0.1) is 0 Å². The van der Waals surface area contributed by atoms with Crippen LogP contribution in [0.3, 0.4) is 0 Å². The van der Waals surface area contributed by atoms with E-state index in [-0.39, 0.29) is 5.91 Å². The molecule has 2 aliphatic heterocycles. The molecule has 5 nitrogen and oxygen atoms in total. The number of rotatable bonds is 7. The van der Waals surface area contributed by atoms with E-state index in [4.69, 9.17) is 27.9 Å². The van der Waals surface area contributed by atoms with E-state index in [1.54, 1.807) is 18.2 Å². The number of nitrogens with zero attached hydrogens (tertiary/aromatic N) is 2. The first-order valence-corrected chi connectivity index (χ1v) is 10.3. The predicted molar refractivity (Wildman–Crippen MR) is 109 cm³/mol. The zero-order valence-corrected chi connectivity index (χ0v) is 16.9. The SMILES string of the molecule is CCCCCOC1=C(C(=O)Nc2cc(Cl)cc(Cl)c2)SC2=NCCCN21. The van der Waals surface area contributed by atoms with Crippen LogP contribution < -0.4 is 5.32 Å². The third kappa shape index (κ3) is 4.67. The number of halogens is 2. The summed E-state index contributed by atoms with van der Waals surface area (Å²) in [6, 6.07) is 4.95. The van der Waals surface area contributed by atoms with Crippen molar-refractivity contribution in [2.45, 2.75) is 32.6 Å². The molecule has 0 unspecified atom stereocenters. The minimum atomic E-state index is -0.240. The van der Waals surface area contributed by atoms with Crippen LogP contribution in [0.5, 0.6) is 0 Å². The molecule has 0 aliphatic carbocycles. The summed E-state index contributed by atoms with van der Waals surface area (Å²) in [4.78, 5) is 19.9. The van der Waals surface area contributed by atoms with Crippen LogP contribution in [0.25, 0.3) is 0 Å². The van der Waals surface area contributed by atoms with E-state index in [1.165, 1.54) is 11.8 Å². The molecule has 0 bridgehead atoms. The Labute approximate surface area is 167 Å². The molecule has 0 spiro atoms. The van der Waals surface area contributed by atoms with Gasteiger partial charge in [0.05, 0.1) is 6.61 Å². The molecular weight excluding hydrogens is 393 g/mol. The second kappa shape index (κ2) is 9.02. The van der Waals surface area contributed by atoms with Crippen molar-refractivity contribution in [3.63, 3.8) is 0 Å². The Morgan fingerprint density at radius 1 is 1.31 bits per heavy atom. The molecule has 1 aromatic rings. The quantitative estimate of drug-likeness (QED) is 0.630. The van der Waals surface area contributed by atoms with Gasteiger partial charge >= 0.3 is 0 Å². The topological polar surface area (TPSA) is 53.9 Å². The lowest BCUT2D eigenvalue weighted by molar-refractivity contribution is -0.112. The van der Waals surface area contributed by atoms with Crippen molar-refractivity contribution in [3.05, 3.63) is 39.0 Å². The van der Waals surface area contributed by atoms with Crippen LogP contribution in [0.1, 0.15) is 32.6 Å². The number of benzene rings is 1. The number of carbonyl (C=O) groups excluding carboxylic acids is 1. The van der Waals surface area contributed by atoms with Gasteiger partial charge in [0.2, 0.25) is 5.88 Å². The number of amidine groups is 1. The molecule has 1 aromatic carbocycles. The molecule has 3 rings (SSSR count). The minimum absolute atomic E-state index is 0.240. The lowest BCUT2D eigenvalue weighted by atomic mass is 10.3. The summed E-state index contributed by atoms with van der Waals surface area (Å²) < 4.78 is 5.98. The van der Waals surface area contributed by atoms with Crippen molar-refractivity contribution in [2.75, 3.05) is 25.0 Å². The first-order chi connectivity index (χ1) is 12.6. The molecule has 1 amide bonds. The van der Waals surface area contributed by atoms with Gasteiger partial charge in [-0.05, 0) is 42.8 Å². The average Bonchev–Trinajstić information content (AvgIpc) is 2.97. The van der Waals surface area contributed by atoms with Crippen LogP contribution in [0.4, 0.5) is 5.69 Å². The second-order valence-corrected chi connectivity index (χ2v) is 7.92. The molecule has 0 radical (unpaired) electrons. The van der Waals surface area contributed by atoms with Gasteiger partial charge in [0.1, 0.15) is 4.91 Å². The Morgan fingerprint density at radius 3 is 2.81 bits per heavy atom. The number of hydrogen-bond donors (Lipinski definition) is 1. The van der Waals surface area contributed by atoms with Crippen LogP contribution in [-0.2, 0) is 9.53 Å². The zero-order valence-electron chi connectivity index (χ0n) is 14.6. The van der Waals surface area contributed by atoms with E-state index in [9.17, 15) is 4.79 Å². The summed E-state index contributed by atoms with van der Waals surface area (Å²) >= 11 is 13.4. The largest absolute Gasteiger partial charge is 0.478 e. The molecule has 0 atom stereocenters. The lowest BCUT2D eigenvalue weighted by Crippen LogP contribution is -2.31. The number of anilines is 1. The standard InChI is InChI=1S/C18H21Cl2N3O2S/c1-2-3-4-8-25-17-15(26-18-21-6-5-7-23(17)18)16(24)22-14-10-12(19)9-13(20)11-14/h9-11H,2-8H2,1H3,(H,22,24). The van der Waals surface area contributed by atoms with Gasteiger partial charge in [-0.2, -0.15) is 0 Å². The highest BCUT2D eigenvalue weighted by atomic mass is 35.5. The highest BCUT2D eigenvalue weighted by Crippen LogP contribution is 2.37. The summed E-state index contributed by atoms with van der Waals surface area (Å²) in [6.45, 7) is 4.33. The van der Waals surface area contributed by atoms with Crippen molar-refractivity contribution >= 4 is 51.7 Å². The average molecular weight is 414 g/mol. The third-order valence-electron chi connectivity index (χ3n) is 3.96. The number of nitrogens with one attached hydrogen (secondary N) is 1. The van der Waals surface area contributed by atoms with Gasteiger partial charge in [-0.15, -0.1) is 0 Å². The van der Waals surface area contributed by atoms with Crippen LogP contribution in [0.15, 0.2) is 34.0 Å². The molecule has 0 saturated carbocycles. The monoisotopic (exact) mass is 413 g/mol. The molecule has 0 saturated heterocycles. The highest BCUT2D eigenvalue weighted by molar-refractivity contribution is 8.18. The fraction of sp³-hybridized carbons (Fsp3) is 0.444. The smallest absolute Gasteiger partial charge is 0.268 e. The number of aliphatic imine (C=N–C) groups is 1. The van der Waals surface area contributed by atoms with Gasteiger partial charge in [-0.1, -0.05) is 43.0 Å². The highest BCUT2D eigenvalue weighted by Gasteiger charge is 2.36. The van der Waals surface area contributed by atoms with Gasteiger partial charge in [0.25, 0.3) is 5.91 Å². The predicted octanol–water partition coefficient (Wildman–Crippen LogP) is 5.12. The van der Waals surface area contributed by atoms with E-state index in [0.29, 0.717) is 33.1 Å². The summed E-state index contributed by atoms with van der Waals surface area (Å²) in [5.41, 5.74) is 0.553. The van der Waals surface area contributed by atoms with E-state index in [1.807, 2.05) is 4.90 Å². The van der Waals surface area contributed by atoms with Crippen molar-refractivity contribution in [1.29, 1.82) is 0 Å². The maximum Gasteiger partial charge on any atom is 0.268 e. The van der Waals surface area contributed by atoms with E-state index < -0.39 is 0 Å².